The molecule has 1 aromatic carbocycles. The van der Waals surface area contributed by atoms with Crippen LogP contribution < -0.4 is 10.2 Å². The highest BCUT2D eigenvalue weighted by molar-refractivity contribution is 5.96. The molecule has 2 aliphatic heterocycles. The van der Waals surface area contributed by atoms with E-state index in [0.717, 1.165) is 24.9 Å². The number of nitrogens with one attached hydrogen (secondary N) is 1. The SMILES string of the molecule is CCCCC(=O)N1CCC2(CC1)C(=O)N(CC(=O)NCCCOCC)CN2c1ccccc1. The van der Waals surface area contributed by atoms with Gasteiger partial charge >= 0.3 is 0 Å². The molecule has 8 nitrogen and oxygen atoms in total. The number of nitrogens with zero attached hydrogens (tertiary/aromatic N) is 3. The number of unbranched alkanes of at least 4 members (excludes halogenated alkanes) is 1. The van der Waals surface area contributed by atoms with Gasteiger partial charge in [0, 0.05) is 45.0 Å². The minimum Gasteiger partial charge on any atom is -0.382 e. The van der Waals surface area contributed by atoms with E-state index >= 15 is 0 Å². The molecule has 0 aromatic heterocycles. The van der Waals surface area contributed by atoms with Crippen molar-refractivity contribution >= 4 is 23.4 Å². The Hall–Kier alpha value is -2.61. The largest absolute Gasteiger partial charge is 0.382 e. The molecule has 0 bridgehead atoms. The van der Waals surface area contributed by atoms with E-state index in [-0.39, 0.29) is 24.3 Å². The molecule has 0 saturated carbocycles. The summed E-state index contributed by atoms with van der Waals surface area (Å²) in [5.41, 5.74) is 0.259. The predicted octanol–water partition coefficient (Wildman–Crippen LogP) is 2.39. The number of hydrogen-bond donors (Lipinski definition) is 1. The number of hydrogen-bond acceptors (Lipinski definition) is 5. The highest BCUT2D eigenvalue weighted by Gasteiger charge is 2.54. The quantitative estimate of drug-likeness (QED) is 0.515. The molecule has 2 aliphatic rings. The van der Waals surface area contributed by atoms with Gasteiger partial charge in [0.2, 0.25) is 11.8 Å². The lowest BCUT2D eigenvalue weighted by molar-refractivity contribution is -0.140. The van der Waals surface area contributed by atoms with E-state index < -0.39 is 5.54 Å². The fraction of sp³-hybridized carbons (Fsp3) is 0.640. The molecular formula is C25H38N4O4. The van der Waals surface area contributed by atoms with Crippen LogP contribution in [0.25, 0.3) is 0 Å². The Kier molecular flexibility index (Phi) is 9.11. The van der Waals surface area contributed by atoms with Crippen molar-refractivity contribution in [1.29, 1.82) is 0 Å². The summed E-state index contributed by atoms with van der Waals surface area (Å²) in [5.74, 6) is 0.000240. The van der Waals surface area contributed by atoms with Gasteiger partial charge in [-0.15, -0.1) is 0 Å². The number of likely N-dealkylation sites (tertiary alicyclic amines) is 1. The van der Waals surface area contributed by atoms with Crippen LogP contribution in [0.2, 0.25) is 0 Å². The fourth-order valence-electron chi connectivity index (χ4n) is 4.71. The molecule has 8 heteroatoms. The number of carbonyl (C=O) groups is 3. The van der Waals surface area contributed by atoms with E-state index in [1.807, 2.05) is 42.2 Å². The van der Waals surface area contributed by atoms with E-state index in [2.05, 4.69) is 17.1 Å². The first-order chi connectivity index (χ1) is 16.0. The zero-order valence-electron chi connectivity index (χ0n) is 20.1. The third-order valence-corrected chi connectivity index (χ3v) is 6.60. The molecule has 2 saturated heterocycles. The molecule has 2 fully saturated rings. The Morgan fingerprint density at radius 2 is 1.82 bits per heavy atom. The van der Waals surface area contributed by atoms with Gasteiger partial charge in [-0.05, 0) is 44.7 Å². The second kappa shape index (κ2) is 12.0. The second-order valence-corrected chi connectivity index (χ2v) is 8.82. The predicted molar refractivity (Wildman–Crippen MR) is 128 cm³/mol. The van der Waals surface area contributed by atoms with Crippen molar-refractivity contribution in [2.75, 3.05) is 51.0 Å². The molecule has 3 rings (SSSR count). The lowest BCUT2D eigenvalue weighted by Crippen LogP contribution is -2.57. The van der Waals surface area contributed by atoms with Crippen LogP contribution in [0.4, 0.5) is 5.69 Å². The first-order valence-electron chi connectivity index (χ1n) is 12.3. The fourth-order valence-corrected chi connectivity index (χ4v) is 4.71. The number of ether oxygens (including phenoxy) is 1. The van der Waals surface area contributed by atoms with E-state index in [1.54, 1.807) is 4.90 Å². The van der Waals surface area contributed by atoms with Crippen molar-refractivity contribution in [2.45, 2.75) is 57.9 Å². The van der Waals surface area contributed by atoms with Crippen molar-refractivity contribution in [3.8, 4) is 0 Å². The van der Waals surface area contributed by atoms with E-state index in [9.17, 15) is 14.4 Å². The van der Waals surface area contributed by atoms with Crippen molar-refractivity contribution in [3.63, 3.8) is 0 Å². The number of para-hydroxylation sites is 1. The Bertz CT molecular complexity index is 793. The van der Waals surface area contributed by atoms with Gasteiger partial charge in [0.05, 0.1) is 6.67 Å². The number of benzene rings is 1. The van der Waals surface area contributed by atoms with Gasteiger partial charge in [-0.2, -0.15) is 0 Å². The highest BCUT2D eigenvalue weighted by atomic mass is 16.5. The zero-order chi connectivity index (χ0) is 23.7. The van der Waals surface area contributed by atoms with Gasteiger partial charge < -0.3 is 24.8 Å². The first-order valence-corrected chi connectivity index (χ1v) is 12.3. The van der Waals surface area contributed by atoms with Crippen LogP contribution in [-0.2, 0) is 19.1 Å². The summed E-state index contributed by atoms with van der Waals surface area (Å²) in [7, 11) is 0. The van der Waals surface area contributed by atoms with Gasteiger partial charge in [-0.1, -0.05) is 31.5 Å². The van der Waals surface area contributed by atoms with Gasteiger partial charge in [-0.3, -0.25) is 14.4 Å². The van der Waals surface area contributed by atoms with Crippen molar-refractivity contribution in [2.24, 2.45) is 0 Å². The normalized spacial score (nSPS) is 17.6. The van der Waals surface area contributed by atoms with E-state index in [4.69, 9.17) is 4.74 Å². The molecule has 0 aliphatic carbocycles. The maximum absolute atomic E-state index is 13.6. The first kappa shape index (κ1) is 25.0. The van der Waals surface area contributed by atoms with E-state index in [0.29, 0.717) is 58.8 Å². The molecule has 1 spiro atoms. The molecule has 3 amide bonds. The van der Waals surface area contributed by atoms with Crippen LogP contribution in [0.15, 0.2) is 30.3 Å². The average Bonchev–Trinajstić information content (AvgIpc) is 3.09. The summed E-state index contributed by atoms with van der Waals surface area (Å²) >= 11 is 0. The minimum absolute atomic E-state index is 0.0172. The summed E-state index contributed by atoms with van der Waals surface area (Å²) in [4.78, 5) is 44.4. The smallest absolute Gasteiger partial charge is 0.250 e. The van der Waals surface area contributed by atoms with Crippen molar-refractivity contribution in [3.05, 3.63) is 30.3 Å². The van der Waals surface area contributed by atoms with Gasteiger partial charge in [0.1, 0.15) is 12.1 Å². The maximum Gasteiger partial charge on any atom is 0.250 e. The third-order valence-electron chi connectivity index (χ3n) is 6.60. The summed E-state index contributed by atoms with van der Waals surface area (Å²) in [6.07, 6.45) is 4.34. The molecule has 2 heterocycles. The van der Waals surface area contributed by atoms with Crippen LogP contribution in [-0.4, -0.2) is 79.1 Å². The maximum atomic E-state index is 13.6. The van der Waals surface area contributed by atoms with Crippen LogP contribution in [0.5, 0.6) is 0 Å². The summed E-state index contributed by atoms with van der Waals surface area (Å²) in [6, 6.07) is 9.89. The Balaban J connectivity index is 1.67. The molecule has 0 atom stereocenters. The lowest BCUT2D eigenvalue weighted by atomic mass is 9.85. The Morgan fingerprint density at radius 1 is 1.09 bits per heavy atom. The molecule has 0 unspecified atom stereocenters. The molecule has 182 valence electrons. The average molecular weight is 459 g/mol. The summed E-state index contributed by atoms with van der Waals surface area (Å²) < 4.78 is 5.30. The van der Waals surface area contributed by atoms with Gasteiger partial charge in [0.25, 0.3) is 5.91 Å². The number of piperidine rings is 1. The van der Waals surface area contributed by atoms with Gasteiger partial charge in [-0.25, -0.2) is 0 Å². The number of rotatable bonds is 11. The zero-order valence-corrected chi connectivity index (χ0v) is 20.1. The third kappa shape index (κ3) is 6.05. The van der Waals surface area contributed by atoms with E-state index in [1.165, 1.54) is 0 Å². The molecular weight excluding hydrogens is 420 g/mol. The van der Waals surface area contributed by atoms with Crippen LogP contribution in [0.1, 0.15) is 52.4 Å². The lowest BCUT2D eigenvalue weighted by Gasteiger charge is -2.43. The molecule has 33 heavy (non-hydrogen) atoms. The number of carbonyl (C=O) groups excluding carboxylic acids is 3. The Morgan fingerprint density at radius 3 is 2.48 bits per heavy atom. The summed E-state index contributed by atoms with van der Waals surface area (Å²) in [5, 5.41) is 2.89. The Labute approximate surface area is 197 Å². The molecule has 1 N–H and O–H groups in total. The number of anilines is 1. The van der Waals surface area contributed by atoms with Crippen LogP contribution in [0.3, 0.4) is 0 Å². The topological polar surface area (TPSA) is 82.2 Å². The standard InChI is InChI=1S/C25H38N4O4/c1-3-5-12-23(31)27-16-13-25(14-17-27)24(32)28(19-22(30)26-15-9-18-33-4-2)20-29(25)21-10-7-6-8-11-21/h6-8,10-11H,3-5,9,12-20H2,1-2H3,(H,26,30). The number of amides is 3. The van der Waals surface area contributed by atoms with Gasteiger partial charge in [0.15, 0.2) is 0 Å². The van der Waals surface area contributed by atoms with Crippen molar-refractivity contribution in [1.82, 2.24) is 15.1 Å². The van der Waals surface area contributed by atoms with Crippen molar-refractivity contribution < 1.29 is 19.1 Å². The monoisotopic (exact) mass is 458 g/mol. The van der Waals surface area contributed by atoms with Crippen LogP contribution >= 0.6 is 0 Å². The molecule has 0 radical (unpaired) electrons. The highest BCUT2D eigenvalue weighted by Crippen LogP contribution is 2.39. The second-order valence-electron chi connectivity index (χ2n) is 8.82. The van der Waals surface area contributed by atoms with Crippen LogP contribution in [0, 0.1) is 0 Å². The molecule has 1 aromatic rings. The minimum atomic E-state index is -0.710. The summed E-state index contributed by atoms with van der Waals surface area (Å²) in [6.45, 7) is 7.37.